The van der Waals surface area contributed by atoms with E-state index in [1.54, 1.807) is 12.1 Å². The zero-order chi connectivity index (χ0) is 26.8. The molecule has 0 bridgehead atoms. The Hall–Kier alpha value is -3.75. The molecule has 8 nitrogen and oxygen atoms in total. The van der Waals surface area contributed by atoms with Gasteiger partial charge in [-0.05, 0) is 62.4 Å². The largest absolute Gasteiger partial charge is 0.424 e. The predicted molar refractivity (Wildman–Crippen MR) is 145 cm³/mol. The Morgan fingerprint density at radius 1 is 1.21 bits per heavy atom. The molecule has 1 aliphatic rings. The number of amides is 1. The summed E-state index contributed by atoms with van der Waals surface area (Å²) in [7, 11) is 0. The van der Waals surface area contributed by atoms with Crippen LogP contribution in [0.25, 0.3) is 22.1 Å². The second-order valence-electron chi connectivity index (χ2n) is 10.4. The van der Waals surface area contributed by atoms with Gasteiger partial charge in [-0.1, -0.05) is 26.0 Å². The van der Waals surface area contributed by atoms with Crippen molar-refractivity contribution in [3.8, 4) is 0 Å². The number of imidazole rings is 1. The lowest BCUT2D eigenvalue weighted by molar-refractivity contribution is -0.137. The smallest absolute Gasteiger partial charge is 0.296 e. The van der Waals surface area contributed by atoms with Crippen molar-refractivity contribution in [2.24, 2.45) is 0 Å². The molecule has 1 saturated heterocycles. The molecule has 3 atom stereocenters. The Labute approximate surface area is 221 Å². The number of benzene rings is 2. The number of likely N-dealkylation sites (tertiary alicyclic amines) is 1. The minimum atomic E-state index is -0.820. The predicted octanol–water partition coefficient (Wildman–Crippen LogP) is 5.88. The average Bonchev–Trinajstić information content (AvgIpc) is 3.52. The molecule has 38 heavy (non-hydrogen) atoms. The van der Waals surface area contributed by atoms with E-state index in [4.69, 9.17) is 4.42 Å². The molecule has 1 amide bonds. The van der Waals surface area contributed by atoms with E-state index in [1.807, 2.05) is 36.9 Å². The first kappa shape index (κ1) is 25.9. The van der Waals surface area contributed by atoms with Gasteiger partial charge in [0.15, 0.2) is 17.2 Å². The molecule has 0 unspecified atom stereocenters. The molecular weight excluding hydrogens is 485 g/mol. The number of nitrogens with zero attached hydrogens (tertiary/aromatic N) is 3. The number of aromatic amines is 1. The molecule has 1 fully saturated rings. The lowest BCUT2D eigenvalue weighted by atomic mass is 9.95. The van der Waals surface area contributed by atoms with E-state index in [0.717, 1.165) is 31.2 Å². The summed E-state index contributed by atoms with van der Waals surface area (Å²) in [5.74, 6) is -0.392. The van der Waals surface area contributed by atoms with E-state index in [1.165, 1.54) is 6.07 Å². The lowest BCUT2D eigenvalue weighted by Crippen LogP contribution is -2.46. The Morgan fingerprint density at radius 2 is 2.05 bits per heavy atom. The molecule has 200 valence electrons. The Kier molecular flexibility index (Phi) is 7.44. The standard InChI is InChI=1S/C29H34FN5O3/c1-4-19-8-5-6-13-35(19)26(37)16-23(33-29-32-21-12-11-17(2)14-25(21)38-29)24(36)15-18(3)28-31-22-10-7-9-20(30)27(22)34-28/h7,9-12,14,18-19,23H,4-6,8,13,15-16H2,1-3H3,(H,31,34)(H,32,33)/t18-,19+,23+/m1/s1. The van der Waals surface area contributed by atoms with Crippen LogP contribution in [0.15, 0.2) is 40.8 Å². The minimum absolute atomic E-state index is 0.00850. The van der Waals surface area contributed by atoms with Gasteiger partial charge in [-0.15, -0.1) is 0 Å². The van der Waals surface area contributed by atoms with Crippen LogP contribution in [0.1, 0.15) is 69.7 Å². The van der Waals surface area contributed by atoms with Crippen LogP contribution in [0.5, 0.6) is 0 Å². The Balaban J connectivity index is 1.37. The summed E-state index contributed by atoms with van der Waals surface area (Å²) in [4.78, 5) is 41.0. The van der Waals surface area contributed by atoms with Crippen LogP contribution in [-0.2, 0) is 9.59 Å². The molecule has 2 aromatic carbocycles. The maximum atomic E-state index is 14.2. The van der Waals surface area contributed by atoms with Gasteiger partial charge in [-0.2, -0.15) is 4.98 Å². The number of aromatic nitrogens is 3. The van der Waals surface area contributed by atoms with Gasteiger partial charge in [-0.3, -0.25) is 9.59 Å². The number of Topliss-reactive ketones (excluding diaryl/α,β-unsaturated/α-hetero) is 1. The molecule has 0 radical (unpaired) electrons. The molecule has 1 aliphatic heterocycles. The van der Waals surface area contributed by atoms with Crippen molar-refractivity contribution in [1.82, 2.24) is 19.9 Å². The van der Waals surface area contributed by atoms with Crippen LogP contribution in [0, 0.1) is 12.7 Å². The highest BCUT2D eigenvalue weighted by Crippen LogP contribution is 2.26. The number of rotatable bonds is 9. The normalized spacial score (nSPS) is 17.6. The molecule has 9 heteroatoms. The number of hydrogen-bond donors (Lipinski definition) is 2. The number of para-hydroxylation sites is 1. The zero-order valence-electron chi connectivity index (χ0n) is 22.1. The third-order valence-electron chi connectivity index (χ3n) is 7.48. The maximum absolute atomic E-state index is 14.2. The highest BCUT2D eigenvalue weighted by atomic mass is 19.1. The molecule has 0 saturated carbocycles. The molecule has 0 aliphatic carbocycles. The first-order chi connectivity index (χ1) is 18.3. The van der Waals surface area contributed by atoms with E-state index < -0.39 is 11.9 Å². The first-order valence-electron chi connectivity index (χ1n) is 13.4. The van der Waals surface area contributed by atoms with E-state index in [2.05, 4.69) is 27.2 Å². The monoisotopic (exact) mass is 519 g/mol. The van der Waals surface area contributed by atoms with Crippen molar-refractivity contribution >= 4 is 39.8 Å². The van der Waals surface area contributed by atoms with Gasteiger partial charge in [0.25, 0.3) is 6.01 Å². The molecule has 2 N–H and O–H groups in total. The van der Waals surface area contributed by atoms with Gasteiger partial charge >= 0.3 is 0 Å². The lowest BCUT2D eigenvalue weighted by Gasteiger charge is -2.36. The zero-order valence-corrected chi connectivity index (χ0v) is 22.1. The van der Waals surface area contributed by atoms with E-state index in [0.29, 0.717) is 29.0 Å². The van der Waals surface area contributed by atoms with Crippen LogP contribution < -0.4 is 5.32 Å². The third-order valence-corrected chi connectivity index (χ3v) is 7.48. The minimum Gasteiger partial charge on any atom is -0.424 e. The number of halogens is 1. The number of anilines is 1. The number of carbonyl (C=O) groups excluding carboxylic acids is 2. The average molecular weight is 520 g/mol. The topological polar surface area (TPSA) is 104 Å². The van der Waals surface area contributed by atoms with E-state index in [-0.39, 0.29) is 48.0 Å². The van der Waals surface area contributed by atoms with Crippen LogP contribution in [0.2, 0.25) is 0 Å². The van der Waals surface area contributed by atoms with Crippen molar-refractivity contribution in [3.63, 3.8) is 0 Å². The quantitative estimate of drug-likeness (QED) is 0.286. The summed E-state index contributed by atoms with van der Waals surface area (Å²) < 4.78 is 20.1. The van der Waals surface area contributed by atoms with Gasteiger partial charge in [0.05, 0.1) is 18.0 Å². The fourth-order valence-corrected chi connectivity index (χ4v) is 5.32. The third kappa shape index (κ3) is 5.42. The van der Waals surface area contributed by atoms with Crippen LogP contribution in [0.3, 0.4) is 0 Å². The molecule has 0 spiro atoms. The summed E-state index contributed by atoms with van der Waals surface area (Å²) in [6, 6.07) is 10.0. The van der Waals surface area contributed by atoms with Gasteiger partial charge in [0.2, 0.25) is 5.91 Å². The van der Waals surface area contributed by atoms with Crippen molar-refractivity contribution in [2.45, 2.75) is 77.3 Å². The van der Waals surface area contributed by atoms with Crippen molar-refractivity contribution in [1.29, 1.82) is 0 Å². The number of carbonyl (C=O) groups is 2. The molecule has 4 aromatic rings. The van der Waals surface area contributed by atoms with Crippen LogP contribution in [0.4, 0.5) is 10.4 Å². The number of hydrogen-bond acceptors (Lipinski definition) is 6. The van der Waals surface area contributed by atoms with Crippen LogP contribution in [-0.4, -0.2) is 50.2 Å². The van der Waals surface area contributed by atoms with E-state index in [9.17, 15) is 14.0 Å². The van der Waals surface area contributed by atoms with Crippen molar-refractivity contribution in [2.75, 3.05) is 11.9 Å². The summed E-state index contributed by atoms with van der Waals surface area (Å²) in [5, 5.41) is 3.12. The van der Waals surface area contributed by atoms with Gasteiger partial charge in [0.1, 0.15) is 16.9 Å². The van der Waals surface area contributed by atoms with Crippen LogP contribution >= 0.6 is 0 Å². The fraction of sp³-hybridized carbons (Fsp3) is 0.448. The highest BCUT2D eigenvalue weighted by molar-refractivity contribution is 5.92. The first-order valence-corrected chi connectivity index (χ1v) is 13.4. The van der Waals surface area contributed by atoms with Gasteiger partial charge in [-0.25, -0.2) is 9.37 Å². The fourth-order valence-electron chi connectivity index (χ4n) is 5.32. The molecular formula is C29H34FN5O3. The SMILES string of the molecule is CC[C@H]1CCCCN1C(=O)C[C@H](Nc1nc2ccc(C)cc2o1)C(=O)C[C@@H](C)c1nc2c(F)cccc2[nH]1. The highest BCUT2D eigenvalue weighted by Gasteiger charge is 2.31. The van der Waals surface area contributed by atoms with Crippen molar-refractivity contribution < 1.29 is 18.4 Å². The maximum Gasteiger partial charge on any atom is 0.296 e. The summed E-state index contributed by atoms with van der Waals surface area (Å²) in [6.07, 6.45) is 4.08. The number of oxazole rings is 1. The number of aryl methyl sites for hydroxylation is 1. The van der Waals surface area contributed by atoms with Gasteiger partial charge in [0, 0.05) is 24.9 Å². The summed E-state index contributed by atoms with van der Waals surface area (Å²) in [6.45, 7) is 6.64. The van der Waals surface area contributed by atoms with Crippen molar-refractivity contribution in [3.05, 3.63) is 53.6 Å². The summed E-state index contributed by atoms with van der Waals surface area (Å²) >= 11 is 0. The Morgan fingerprint density at radius 3 is 2.84 bits per heavy atom. The number of ketones is 1. The second-order valence-corrected chi connectivity index (χ2v) is 10.4. The number of piperidine rings is 1. The molecule has 5 rings (SSSR count). The summed E-state index contributed by atoms with van der Waals surface area (Å²) in [5.41, 5.74) is 3.17. The molecule has 3 heterocycles. The Bertz CT molecular complexity index is 1460. The second kappa shape index (κ2) is 10.9. The number of fused-ring (bicyclic) bond motifs is 2. The van der Waals surface area contributed by atoms with Gasteiger partial charge < -0.3 is 19.6 Å². The van der Waals surface area contributed by atoms with E-state index >= 15 is 0 Å². The number of nitrogens with one attached hydrogen (secondary N) is 2. The number of H-pyrrole nitrogens is 1. The molecule has 2 aromatic heterocycles.